The Morgan fingerprint density at radius 3 is 2.50 bits per heavy atom. The number of hydrogen-bond donors (Lipinski definition) is 2. The van der Waals surface area contributed by atoms with Crippen LogP contribution in [0.25, 0.3) is 0 Å². The molecule has 1 amide bonds. The molecular weight excluding hydrogens is 250 g/mol. The monoisotopic (exact) mass is 273 g/mol. The number of hydrogen-bond acceptors (Lipinski definition) is 2. The number of aliphatic hydroxyl groups is 1. The fourth-order valence-electron chi connectivity index (χ4n) is 3.30. The van der Waals surface area contributed by atoms with Crippen LogP contribution in [0.4, 0.5) is 0 Å². The highest BCUT2D eigenvalue weighted by Gasteiger charge is 2.46. The van der Waals surface area contributed by atoms with Gasteiger partial charge in [-0.05, 0) is 43.6 Å². The number of carbonyl (C=O) groups excluding carboxylic acids is 1. The van der Waals surface area contributed by atoms with E-state index in [1.807, 2.05) is 18.2 Å². The first-order valence-corrected chi connectivity index (χ1v) is 7.73. The minimum atomic E-state index is -0.316. The molecular formula is C17H23NO2. The van der Waals surface area contributed by atoms with Crippen LogP contribution in [0.2, 0.25) is 0 Å². The average Bonchev–Trinajstić information content (AvgIpc) is 3.22. The van der Waals surface area contributed by atoms with E-state index >= 15 is 0 Å². The minimum Gasteiger partial charge on any atom is -0.396 e. The fraction of sp³-hybridized carbons (Fsp3) is 0.588. The Bertz CT molecular complexity index is 463. The van der Waals surface area contributed by atoms with Gasteiger partial charge in [0.05, 0.1) is 5.41 Å². The van der Waals surface area contributed by atoms with E-state index in [1.165, 1.54) is 12.8 Å². The second kappa shape index (κ2) is 5.57. The number of carbonyl (C=O) groups is 1. The Kier molecular flexibility index (Phi) is 3.79. The van der Waals surface area contributed by atoms with Crippen LogP contribution in [0, 0.1) is 5.92 Å². The van der Waals surface area contributed by atoms with Crippen molar-refractivity contribution in [2.24, 2.45) is 5.92 Å². The summed E-state index contributed by atoms with van der Waals surface area (Å²) < 4.78 is 0. The van der Waals surface area contributed by atoms with Crippen LogP contribution < -0.4 is 5.32 Å². The molecule has 0 bridgehead atoms. The van der Waals surface area contributed by atoms with Gasteiger partial charge in [-0.2, -0.15) is 0 Å². The zero-order valence-electron chi connectivity index (χ0n) is 11.8. The quantitative estimate of drug-likeness (QED) is 0.836. The van der Waals surface area contributed by atoms with Crippen molar-refractivity contribution >= 4 is 5.91 Å². The van der Waals surface area contributed by atoms with Gasteiger partial charge in [-0.15, -0.1) is 0 Å². The number of amides is 1. The second-order valence-corrected chi connectivity index (χ2v) is 6.23. The highest BCUT2D eigenvalue weighted by Crippen LogP contribution is 2.44. The van der Waals surface area contributed by atoms with Gasteiger partial charge in [-0.1, -0.05) is 36.8 Å². The summed E-state index contributed by atoms with van der Waals surface area (Å²) in [5.74, 6) is 0.749. The standard InChI is InChI=1S/C17H23NO2/c19-12-9-15(13-7-8-13)18-16(20)17(10-4-11-17)14-5-2-1-3-6-14/h1-3,5-6,13,15,19H,4,7-12H2,(H,18,20)/t15-/m0/s1. The lowest BCUT2D eigenvalue weighted by Crippen LogP contribution is -2.52. The molecule has 0 spiro atoms. The molecule has 108 valence electrons. The van der Waals surface area contributed by atoms with Gasteiger partial charge in [0.25, 0.3) is 0 Å². The van der Waals surface area contributed by atoms with E-state index in [1.54, 1.807) is 0 Å². The smallest absolute Gasteiger partial charge is 0.230 e. The number of benzene rings is 1. The van der Waals surface area contributed by atoms with Crippen molar-refractivity contribution in [2.45, 2.75) is 50.0 Å². The highest BCUT2D eigenvalue weighted by molar-refractivity contribution is 5.89. The number of aliphatic hydroxyl groups excluding tert-OH is 1. The van der Waals surface area contributed by atoms with Crippen molar-refractivity contribution in [3.8, 4) is 0 Å². The van der Waals surface area contributed by atoms with Crippen molar-refractivity contribution in [3.05, 3.63) is 35.9 Å². The van der Waals surface area contributed by atoms with E-state index in [2.05, 4.69) is 17.4 Å². The Labute approximate surface area is 120 Å². The van der Waals surface area contributed by atoms with Gasteiger partial charge in [0, 0.05) is 12.6 Å². The molecule has 3 heteroatoms. The molecule has 0 aromatic heterocycles. The lowest BCUT2D eigenvalue weighted by Gasteiger charge is -2.41. The first-order chi connectivity index (χ1) is 9.76. The third kappa shape index (κ3) is 2.47. The van der Waals surface area contributed by atoms with Crippen LogP contribution in [0.15, 0.2) is 30.3 Å². The summed E-state index contributed by atoms with van der Waals surface area (Å²) in [5.41, 5.74) is 0.825. The third-order valence-electron chi connectivity index (χ3n) is 4.92. The minimum absolute atomic E-state index is 0.153. The summed E-state index contributed by atoms with van der Waals surface area (Å²) in [7, 11) is 0. The molecule has 0 radical (unpaired) electrons. The van der Waals surface area contributed by atoms with Gasteiger partial charge in [-0.3, -0.25) is 4.79 Å². The summed E-state index contributed by atoms with van der Waals surface area (Å²) in [6.07, 6.45) is 6.06. The lowest BCUT2D eigenvalue weighted by atomic mass is 9.63. The molecule has 0 saturated heterocycles. The molecule has 3 rings (SSSR count). The maximum Gasteiger partial charge on any atom is 0.230 e. The predicted octanol–water partition coefficient (Wildman–Crippen LogP) is 2.39. The fourth-order valence-corrected chi connectivity index (χ4v) is 3.30. The largest absolute Gasteiger partial charge is 0.396 e. The Hall–Kier alpha value is -1.35. The van der Waals surface area contributed by atoms with Crippen LogP contribution in [-0.4, -0.2) is 23.7 Å². The number of rotatable bonds is 6. The van der Waals surface area contributed by atoms with Gasteiger partial charge >= 0.3 is 0 Å². The van der Waals surface area contributed by atoms with Crippen molar-refractivity contribution in [2.75, 3.05) is 6.61 Å². The normalized spacial score (nSPS) is 21.9. The van der Waals surface area contributed by atoms with E-state index in [4.69, 9.17) is 5.11 Å². The van der Waals surface area contributed by atoms with Gasteiger partial charge in [0.1, 0.15) is 0 Å². The molecule has 1 aromatic carbocycles. The van der Waals surface area contributed by atoms with E-state index in [-0.39, 0.29) is 24.0 Å². The highest BCUT2D eigenvalue weighted by atomic mass is 16.3. The maximum atomic E-state index is 12.8. The Morgan fingerprint density at radius 2 is 2.00 bits per heavy atom. The summed E-state index contributed by atoms with van der Waals surface area (Å²) in [6.45, 7) is 0.153. The van der Waals surface area contributed by atoms with Gasteiger partial charge < -0.3 is 10.4 Å². The maximum absolute atomic E-state index is 12.8. The lowest BCUT2D eigenvalue weighted by molar-refractivity contribution is -0.131. The van der Waals surface area contributed by atoms with E-state index < -0.39 is 0 Å². The average molecular weight is 273 g/mol. The molecule has 2 N–H and O–H groups in total. The first-order valence-electron chi connectivity index (χ1n) is 7.73. The van der Waals surface area contributed by atoms with Crippen molar-refractivity contribution < 1.29 is 9.90 Å². The van der Waals surface area contributed by atoms with E-state index in [0.29, 0.717) is 12.3 Å². The van der Waals surface area contributed by atoms with E-state index in [9.17, 15) is 4.79 Å². The molecule has 1 aromatic rings. The molecule has 0 unspecified atom stereocenters. The van der Waals surface area contributed by atoms with Crippen LogP contribution in [0.3, 0.4) is 0 Å². The summed E-state index contributed by atoms with van der Waals surface area (Å²) in [4.78, 5) is 12.8. The first kappa shape index (κ1) is 13.6. The number of nitrogens with one attached hydrogen (secondary N) is 1. The van der Waals surface area contributed by atoms with Crippen molar-refractivity contribution in [3.63, 3.8) is 0 Å². The Morgan fingerprint density at radius 1 is 1.30 bits per heavy atom. The van der Waals surface area contributed by atoms with Gasteiger partial charge in [0.2, 0.25) is 5.91 Å². The second-order valence-electron chi connectivity index (χ2n) is 6.23. The SMILES string of the molecule is O=C(N[C@@H](CCO)C1CC1)C1(c2ccccc2)CCC1. The zero-order valence-corrected chi connectivity index (χ0v) is 11.8. The van der Waals surface area contributed by atoms with Crippen LogP contribution >= 0.6 is 0 Å². The van der Waals surface area contributed by atoms with Crippen LogP contribution in [0.5, 0.6) is 0 Å². The summed E-state index contributed by atoms with van der Waals surface area (Å²) in [6, 6.07) is 10.3. The Balaban J connectivity index is 1.74. The molecule has 2 aliphatic carbocycles. The van der Waals surface area contributed by atoms with Crippen molar-refractivity contribution in [1.29, 1.82) is 0 Å². The van der Waals surface area contributed by atoms with Crippen LogP contribution in [-0.2, 0) is 10.2 Å². The summed E-state index contributed by atoms with van der Waals surface area (Å²) in [5, 5.41) is 12.4. The third-order valence-corrected chi connectivity index (χ3v) is 4.92. The molecule has 3 nitrogen and oxygen atoms in total. The summed E-state index contributed by atoms with van der Waals surface area (Å²) >= 11 is 0. The van der Waals surface area contributed by atoms with Gasteiger partial charge in [-0.25, -0.2) is 0 Å². The van der Waals surface area contributed by atoms with Crippen LogP contribution in [0.1, 0.15) is 44.1 Å². The zero-order chi connectivity index (χ0) is 14.0. The molecule has 2 saturated carbocycles. The molecule has 2 fully saturated rings. The topological polar surface area (TPSA) is 49.3 Å². The molecule has 20 heavy (non-hydrogen) atoms. The predicted molar refractivity (Wildman–Crippen MR) is 78.3 cm³/mol. The molecule has 1 atom stereocenters. The molecule has 2 aliphatic rings. The molecule has 0 heterocycles. The van der Waals surface area contributed by atoms with Crippen molar-refractivity contribution in [1.82, 2.24) is 5.32 Å². The van der Waals surface area contributed by atoms with Gasteiger partial charge in [0.15, 0.2) is 0 Å². The van der Waals surface area contributed by atoms with E-state index in [0.717, 1.165) is 24.8 Å². The molecule has 0 aliphatic heterocycles.